The van der Waals surface area contributed by atoms with Gasteiger partial charge in [0.25, 0.3) is 0 Å². The first-order valence-electron chi connectivity index (χ1n) is 10.7. The summed E-state index contributed by atoms with van der Waals surface area (Å²) < 4.78 is 7.13. The summed E-state index contributed by atoms with van der Waals surface area (Å²) in [6.45, 7) is 4.98. The van der Waals surface area contributed by atoms with Crippen molar-refractivity contribution in [2.45, 2.75) is 38.8 Å². The van der Waals surface area contributed by atoms with Gasteiger partial charge in [-0.25, -0.2) is 0 Å². The standard InChI is InChI=1S/C27H25BrClNO/c1-16-14-24(28)27-25(17(16)2)22-4-3-5-23(22)26(30-27)19-8-12-21(13-9-19)31-15-18-6-10-20(29)11-7-18/h3-4,6-14,22-23,26,30H,5,15H2,1-2H3/t22-,23+,26-/m1/s1. The summed E-state index contributed by atoms with van der Waals surface area (Å²) in [5, 5.41) is 4.61. The SMILES string of the molecule is Cc1cc(Br)c2c(c1C)[C@@H]1C=CC[C@@H]1[C@@H](c1ccc(OCc3ccc(Cl)cc3)cc1)N2. The zero-order chi connectivity index (χ0) is 21.5. The molecule has 5 rings (SSSR count). The molecule has 0 bridgehead atoms. The van der Waals surface area contributed by atoms with Crippen LogP contribution in [-0.4, -0.2) is 0 Å². The lowest BCUT2D eigenvalue weighted by Crippen LogP contribution is -2.30. The number of ether oxygens (including phenoxy) is 1. The molecule has 0 spiro atoms. The van der Waals surface area contributed by atoms with Crippen LogP contribution < -0.4 is 10.1 Å². The van der Waals surface area contributed by atoms with E-state index in [0.717, 1.165) is 27.2 Å². The smallest absolute Gasteiger partial charge is 0.119 e. The first-order chi connectivity index (χ1) is 15.0. The second-order valence-electron chi connectivity index (χ2n) is 8.55. The highest BCUT2D eigenvalue weighted by Crippen LogP contribution is 2.53. The Kier molecular flexibility index (Phi) is 5.58. The van der Waals surface area contributed by atoms with Crippen LogP contribution in [0.25, 0.3) is 0 Å². The van der Waals surface area contributed by atoms with E-state index in [2.05, 4.69) is 77.6 Å². The minimum atomic E-state index is 0.274. The van der Waals surface area contributed by atoms with Crippen molar-refractivity contribution in [1.29, 1.82) is 0 Å². The van der Waals surface area contributed by atoms with Crippen LogP contribution in [0.3, 0.4) is 0 Å². The number of aryl methyl sites for hydroxylation is 1. The van der Waals surface area contributed by atoms with E-state index in [1.54, 1.807) is 0 Å². The van der Waals surface area contributed by atoms with Crippen molar-refractivity contribution in [3.05, 3.63) is 104 Å². The van der Waals surface area contributed by atoms with E-state index in [1.165, 1.54) is 27.9 Å². The molecule has 0 fully saturated rings. The molecule has 1 aliphatic heterocycles. The van der Waals surface area contributed by atoms with Crippen molar-refractivity contribution in [3.8, 4) is 5.75 Å². The van der Waals surface area contributed by atoms with Gasteiger partial charge < -0.3 is 10.1 Å². The van der Waals surface area contributed by atoms with Crippen molar-refractivity contribution < 1.29 is 4.74 Å². The van der Waals surface area contributed by atoms with Gasteiger partial charge in [0.1, 0.15) is 12.4 Å². The van der Waals surface area contributed by atoms with Crippen molar-refractivity contribution >= 4 is 33.2 Å². The Morgan fingerprint density at radius 3 is 2.55 bits per heavy atom. The molecule has 2 nitrogen and oxygen atoms in total. The van der Waals surface area contributed by atoms with Crippen molar-refractivity contribution in [2.75, 3.05) is 5.32 Å². The van der Waals surface area contributed by atoms with E-state index in [9.17, 15) is 0 Å². The molecule has 0 saturated carbocycles. The fourth-order valence-corrected chi connectivity index (χ4v) is 5.70. The van der Waals surface area contributed by atoms with E-state index < -0.39 is 0 Å². The summed E-state index contributed by atoms with van der Waals surface area (Å²) in [5.41, 5.74) is 7.83. The maximum atomic E-state index is 5.98. The summed E-state index contributed by atoms with van der Waals surface area (Å²) >= 11 is 9.77. The summed E-state index contributed by atoms with van der Waals surface area (Å²) in [6, 6.07) is 18.8. The third-order valence-corrected chi connectivity index (χ3v) is 7.56. The van der Waals surface area contributed by atoms with Crippen LogP contribution >= 0.6 is 27.5 Å². The minimum Gasteiger partial charge on any atom is -0.489 e. The summed E-state index contributed by atoms with van der Waals surface area (Å²) in [5.74, 6) is 1.86. The Hall–Kier alpha value is -2.23. The Bertz CT molecular complexity index is 1140. The van der Waals surface area contributed by atoms with E-state index in [-0.39, 0.29) is 6.04 Å². The molecule has 4 heteroatoms. The number of halogens is 2. The van der Waals surface area contributed by atoms with Gasteiger partial charge in [0, 0.05) is 15.4 Å². The van der Waals surface area contributed by atoms with Crippen LogP contribution in [0.5, 0.6) is 5.75 Å². The lowest BCUT2D eigenvalue weighted by Gasteiger charge is -2.39. The third kappa shape index (κ3) is 3.90. The second-order valence-corrected chi connectivity index (χ2v) is 9.84. The number of hydrogen-bond acceptors (Lipinski definition) is 2. The zero-order valence-electron chi connectivity index (χ0n) is 17.7. The predicted octanol–water partition coefficient (Wildman–Crippen LogP) is 8.12. The Labute approximate surface area is 197 Å². The normalized spacial score (nSPS) is 21.4. The van der Waals surface area contributed by atoms with Crippen LogP contribution in [0.1, 0.15) is 46.2 Å². The van der Waals surface area contributed by atoms with Crippen molar-refractivity contribution in [2.24, 2.45) is 5.92 Å². The van der Waals surface area contributed by atoms with Gasteiger partial charge in [-0.3, -0.25) is 0 Å². The number of allylic oxidation sites excluding steroid dienone is 2. The van der Waals surface area contributed by atoms with Gasteiger partial charge in [0.15, 0.2) is 0 Å². The Balaban J connectivity index is 1.38. The average Bonchev–Trinajstić information content (AvgIpc) is 3.26. The topological polar surface area (TPSA) is 21.3 Å². The van der Waals surface area contributed by atoms with E-state index in [1.807, 2.05) is 24.3 Å². The van der Waals surface area contributed by atoms with Crippen molar-refractivity contribution in [3.63, 3.8) is 0 Å². The van der Waals surface area contributed by atoms with Gasteiger partial charge in [-0.15, -0.1) is 0 Å². The van der Waals surface area contributed by atoms with Crippen LogP contribution in [0.2, 0.25) is 5.02 Å². The number of anilines is 1. The number of fused-ring (bicyclic) bond motifs is 3. The largest absolute Gasteiger partial charge is 0.489 e. The fraction of sp³-hybridized carbons (Fsp3) is 0.259. The summed E-state index contributed by atoms with van der Waals surface area (Å²) in [6.07, 6.45) is 5.85. The molecule has 31 heavy (non-hydrogen) atoms. The number of hydrogen-bond donors (Lipinski definition) is 1. The molecule has 3 aromatic rings. The van der Waals surface area contributed by atoms with Crippen molar-refractivity contribution in [1.82, 2.24) is 0 Å². The lowest BCUT2D eigenvalue weighted by atomic mass is 9.75. The third-order valence-electron chi connectivity index (χ3n) is 6.68. The van der Waals surface area contributed by atoms with E-state index in [0.29, 0.717) is 18.4 Å². The highest BCUT2D eigenvalue weighted by molar-refractivity contribution is 9.10. The van der Waals surface area contributed by atoms with E-state index >= 15 is 0 Å². The predicted molar refractivity (Wildman–Crippen MR) is 132 cm³/mol. The molecule has 2 aliphatic rings. The Morgan fingerprint density at radius 1 is 1.06 bits per heavy atom. The van der Waals surface area contributed by atoms with Crippen LogP contribution in [0.4, 0.5) is 5.69 Å². The molecule has 0 radical (unpaired) electrons. The quantitative estimate of drug-likeness (QED) is 0.370. The van der Waals surface area contributed by atoms with Crippen LogP contribution in [0, 0.1) is 19.8 Å². The summed E-state index contributed by atoms with van der Waals surface area (Å²) in [7, 11) is 0. The molecule has 1 heterocycles. The molecule has 0 unspecified atom stereocenters. The molecule has 1 N–H and O–H groups in total. The van der Waals surface area contributed by atoms with Gasteiger partial charge in [-0.2, -0.15) is 0 Å². The molecule has 0 aromatic heterocycles. The van der Waals surface area contributed by atoms with Gasteiger partial charge in [0.05, 0.1) is 11.7 Å². The highest BCUT2D eigenvalue weighted by atomic mass is 79.9. The first kappa shape index (κ1) is 20.7. The van der Waals surface area contributed by atoms with Gasteiger partial charge in [-0.05, 0) is 100 Å². The van der Waals surface area contributed by atoms with Gasteiger partial charge >= 0.3 is 0 Å². The highest BCUT2D eigenvalue weighted by Gasteiger charge is 2.39. The maximum absolute atomic E-state index is 5.98. The fourth-order valence-electron chi connectivity index (χ4n) is 4.90. The maximum Gasteiger partial charge on any atom is 0.119 e. The molecule has 0 saturated heterocycles. The molecule has 158 valence electrons. The number of rotatable bonds is 4. The molecular formula is C27H25BrClNO. The molecule has 3 atom stereocenters. The molecule has 3 aromatic carbocycles. The molecule has 0 amide bonds. The minimum absolute atomic E-state index is 0.274. The summed E-state index contributed by atoms with van der Waals surface area (Å²) in [4.78, 5) is 0. The van der Waals surface area contributed by atoms with Gasteiger partial charge in [0.2, 0.25) is 0 Å². The lowest BCUT2D eigenvalue weighted by molar-refractivity contribution is 0.306. The zero-order valence-corrected chi connectivity index (χ0v) is 20.0. The van der Waals surface area contributed by atoms with Gasteiger partial charge in [-0.1, -0.05) is 48.0 Å². The average molecular weight is 495 g/mol. The van der Waals surface area contributed by atoms with Crippen LogP contribution in [0.15, 0.2) is 71.2 Å². The number of nitrogens with one attached hydrogen (secondary N) is 1. The Morgan fingerprint density at radius 2 is 1.81 bits per heavy atom. The molecular weight excluding hydrogens is 470 g/mol. The van der Waals surface area contributed by atoms with E-state index in [4.69, 9.17) is 16.3 Å². The number of benzene rings is 3. The second kappa shape index (κ2) is 8.37. The molecule has 1 aliphatic carbocycles. The first-order valence-corrected chi connectivity index (χ1v) is 11.9. The monoisotopic (exact) mass is 493 g/mol. The van der Waals surface area contributed by atoms with Crippen LogP contribution in [-0.2, 0) is 6.61 Å².